The van der Waals surface area contributed by atoms with Crippen LogP contribution in [-0.2, 0) is 16.4 Å². The monoisotopic (exact) mass is 283 g/mol. The number of sulfone groups is 1. The van der Waals surface area contributed by atoms with Gasteiger partial charge >= 0.3 is 0 Å². The Bertz CT molecular complexity index is 630. The first-order valence-electron chi connectivity index (χ1n) is 5.29. The van der Waals surface area contributed by atoms with Gasteiger partial charge in [-0.15, -0.1) is 11.3 Å². The van der Waals surface area contributed by atoms with Crippen LogP contribution in [0.4, 0.5) is 0 Å². The highest BCUT2D eigenvalue weighted by Gasteiger charge is 2.06. The molecule has 0 aliphatic carbocycles. The Morgan fingerprint density at radius 3 is 2.44 bits per heavy atom. The zero-order chi connectivity index (χ0) is 13.2. The quantitative estimate of drug-likeness (QED) is 0.864. The van der Waals surface area contributed by atoms with Crippen LogP contribution in [0.3, 0.4) is 0 Å². The second-order valence-corrected chi connectivity index (χ2v) is 6.97. The van der Waals surface area contributed by atoms with E-state index >= 15 is 0 Å². The van der Waals surface area contributed by atoms with Gasteiger partial charge in [-0.2, -0.15) is 0 Å². The molecule has 0 aliphatic rings. The highest BCUT2D eigenvalue weighted by Crippen LogP contribution is 2.17. The van der Waals surface area contributed by atoms with Crippen LogP contribution in [0.1, 0.15) is 10.7 Å². The highest BCUT2D eigenvalue weighted by molar-refractivity contribution is 7.90. The van der Waals surface area contributed by atoms with Gasteiger partial charge in [0.1, 0.15) is 12.4 Å². The molecule has 4 nitrogen and oxygen atoms in total. The third kappa shape index (κ3) is 3.30. The molecule has 0 atom stereocenters. The Labute approximate surface area is 110 Å². The normalized spacial score (nSPS) is 11.4. The summed E-state index contributed by atoms with van der Waals surface area (Å²) in [6.45, 7) is 2.33. The molecular formula is C12H13NO3S2. The zero-order valence-corrected chi connectivity index (χ0v) is 11.7. The lowest BCUT2D eigenvalue weighted by molar-refractivity contribution is 0.302. The summed E-state index contributed by atoms with van der Waals surface area (Å²) in [5.74, 6) is 0.632. The molecule has 0 unspecified atom stereocenters. The van der Waals surface area contributed by atoms with Crippen molar-refractivity contribution in [1.29, 1.82) is 0 Å². The summed E-state index contributed by atoms with van der Waals surface area (Å²) in [5.41, 5.74) is 0.879. The van der Waals surface area contributed by atoms with E-state index in [1.165, 1.54) is 18.4 Å². The van der Waals surface area contributed by atoms with E-state index in [0.717, 1.165) is 10.7 Å². The molecule has 1 aromatic carbocycles. The molecule has 0 bridgehead atoms. The molecule has 1 aromatic heterocycles. The van der Waals surface area contributed by atoms with E-state index in [1.807, 2.05) is 12.3 Å². The number of thiazole rings is 1. The Morgan fingerprint density at radius 2 is 1.94 bits per heavy atom. The lowest BCUT2D eigenvalue weighted by atomic mass is 10.3. The molecule has 2 rings (SSSR count). The molecular weight excluding hydrogens is 270 g/mol. The summed E-state index contributed by atoms with van der Waals surface area (Å²) >= 11 is 1.57. The Hall–Kier alpha value is -1.40. The third-order valence-electron chi connectivity index (χ3n) is 2.31. The van der Waals surface area contributed by atoms with E-state index in [0.29, 0.717) is 17.3 Å². The number of hydrogen-bond donors (Lipinski definition) is 0. The van der Waals surface area contributed by atoms with Crippen LogP contribution in [-0.4, -0.2) is 19.7 Å². The minimum Gasteiger partial charge on any atom is -0.487 e. The van der Waals surface area contributed by atoms with Crippen LogP contribution in [0, 0.1) is 6.92 Å². The first-order chi connectivity index (χ1) is 8.45. The zero-order valence-electron chi connectivity index (χ0n) is 10.1. The maximum atomic E-state index is 11.3. The number of hydrogen-bond acceptors (Lipinski definition) is 5. The smallest absolute Gasteiger partial charge is 0.175 e. The lowest BCUT2D eigenvalue weighted by Gasteiger charge is -2.05. The van der Waals surface area contributed by atoms with Crippen molar-refractivity contribution in [3.05, 3.63) is 40.3 Å². The maximum Gasteiger partial charge on any atom is 0.175 e. The third-order valence-corrected chi connectivity index (χ3v) is 4.26. The summed E-state index contributed by atoms with van der Waals surface area (Å²) in [5, 5.41) is 2.95. The predicted octanol–water partition coefficient (Wildman–Crippen LogP) is 2.43. The van der Waals surface area contributed by atoms with E-state index in [-0.39, 0.29) is 0 Å². The first kappa shape index (κ1) is 13.0. The molecule has 0 N–H and O–H groups in total. The van der Waals surface area contributed by atoms with Gasteiger partial charge in [0.05, 0.1) is 15.6 Å². The summed E-state index contributed by atoms with van der Waals surface area (Å²) in [4.78, 5) is 4.57. The minimum atomic E-state index is -3.15. The second kappa shape index (κ2) is 5.07. The molecule has 0 amide bonds. The van der Waals surface area contributed by atoms with Crippen molar-refractivity contribution in [2.75, 3.05) is 6.26 Å². The largest absolute Gasteiger partial charge is 0.487 e. The van der Waals surface area contributed by atoms with E-state index in [4.69, 9.17) is 4.74 Å². The van der Waals surface area contributed by atoms with E-state index < -0.39 is 9.84 Å². The number of ether oxygens (including phenoxy) is 1. The average molecular weight is 283 g/mol. The molecule has 6 heteroatoms. The van der Waals surface area contributed by atoms with Crippen molar-refractivity contribution < 1.29 is 13.2 Å². The lowest BCUT2D eigenvalue weighted by Crippen LogP contribution is -1.98. The van der Waals surface area contributed by atoms with Gasteiger partial charge in [-0.05, 0) is 31.2 Å². The molecule has 2 aromatic rings. The molecule has 1 heterocycles. The van der Waals surface area contributed by atoms with Crippen molar-refractivity contribution in [2.45, 2.75) is 18.4 Å². The minimum absolute atomic E-state index is 0.291. The predicted molar refractivity (Wildman–Crippen MR) is 70.7 cm³/mol. The van der Waals surface area contributed by atoms with Crippen LogP contribution in [0.15, 0.2) is 34.5 Å². The average Bonchev–Trinajstić information content (AvgIpc) is 2.72. The summed E-state index contributed by atoms with van der Waals surface area (Å²) < 4.78 is 28.1. The molecule has 0 radical (unpaired) electrons. The maximum absolute atomic E-state index is 11.3. The van der Waals surface area contributed by atoms with Crippen molar-refractivity contribution in [3.8, 4) is 5.75 Å². The van der Waals surface area contributed by atoms with Crippen molar-refractivity contribution in [2.24, 2.45) is 0 Å². The van der Waals surface area contributed by atoms with Gasteiger partial charge in [0.25, 0.3) is 0 Å². The summed E-state index contributed by atoms with van der Waals surface area (Å²) in [6.07, 6.45) is 1.18. The Morgan fingerprint density at radius 1 is 1.28 bits per heavy atom. The number of rotatable bonds is 4. The summed E-state index contributed by atoms with van der Waals surface area (Å²) in [6, 6.07) is 6.37. The fraction of sp³-hybridized carbons (Fsp3) is 0.250. The molecule has 0 aliphatic heterocycles. The highest BCUT2D eigenvalue weighted by atomic mass is 32.2. The van der Waals surface area contributed by atoms with Crippen LogP contribution < -0.4 is 4.74 Å². The van der Waals surface area contributed by atoms with Gasteiger partial charge in [-0.1, -0.05) is 0 Å². The molecule has 96 valence electrons. The fourth-order valence-corrected chi connectivity index (χ4v) is 2.64. The van der Waals surface area contributed by atoms with Gasteiger partial charge in [-0.3, -0.25) is 0 Å². The van der Waals surface area contributed by atoms with Crippen LogP contribution in [0.5, 0.6) is 5.75 Å². The first-order valence-corrected chi connectivity index (χ1v) is 8.06. The van der Waals surface area contributed by atoms with Gasteiger partial charge in [-0.25, -0.2) is 13.4 Å². The molecule has 0 spiro atoms. The number of nitrogens with zero attached hydrogens (tertiary/aromatic N) is 1. The fourth-order valence-electron chi connectivity index (χ4n) is 1.41. The molecule has 18 heavy (non-hydrogen) atoms. The topological polar surface area (TPSA) is 56.3 Å². The number of aryl methyl sites for hydroxylation is 1. The van der Waals surface area contributed by atoms with Crippen molar-refractivity contribution >= 4 is 21.2 Å². The Kier molecular flexibility index (Phi) is 3.68. The van der Waals surface area contributed by atoms with Crippen molar-refractivity contribution in [1.82, 2.24) is 4.98 Å². The van der Waals surface area contributed by atoms with Crippen LogP contribution >= 0.6 is 11.3 Å². The van der Waals surface area contributed by atoms with E-state index in [2.05, 4.69) is 4.98 Å². The van der Waals surface area contributed by atoms with Crippen LogP contribution in [0.2, 0.25) is 0 Å². The molecule has 0 saturated carbocycles. The number of aromatic nitrogens is 1. The van der Waals surface area contributed by atoms with E-state index in [9.17, 15) is 8.42 Å². The second-order valence-electron chi connectivity index (χ2n) is 3.89. The van der Waals surface area contributed by atoms with Gasteiger partial charge in [0, 0.05) is 11.6 Å². The van der Waals surface area contributed by atoms with Gasteiger partial charge in [0.2, 0.25) is 0 Å². The number of benzene rings is 1. The van der Waals surface area contributed by atoms with Crippen LogP contribution in [0.25, 0.3) is 0 Å². The standard InChI is InChI=1S/C12H13NO3S2/c1-9-13-10(8-17-9)7-16-11-3-5-12(6-4-11)18(2,14)15/h3-6,8H,7H2,1-2H3. The van der Waals surface area contributed by atoms with Gasteiger partial charge < -0.3 is 4.74 Å². The molecule has 0 fully saturated rings. The van der Waals surface area contributed by atoms with Crippen molar-refractivity contribution in [3.63, 3.8) is 0 Å². The molecule has 0 saturated heterocycles. The van der Waals surface area contributed by atoms with E-state index in [1.54, 1.807) is 23.5 Å². The SMILES string of the molecule is Cc1nc(COc2ccc(S(C)(=O)=O)cc2)cs1. The summed E-state index contributed by atoms with van der Waals surface area (Å²) in [7, 11) is -3.15. The van der Waals surface area contributed by atoms with Gasteiger partial charge in [0.15, 0.2) is 9.84 Å². The Balaban J connectivity index is 2.03.